The van der Waals surface area contributed by atoms with Gasteiger partial charge in [-0.1, -0.05) is 118 Å². The topological polar surface area (TPSA) is 0 Å². The van der Waals surface area contributed by atoms with Crippen LogP contribution in [0.4, 0.5) is 0 Å². The fourth-order valence-electron chi connectivity index (χ4n) is 4.17. The first-order valence-electron chi connectivity index (χ1n) is 11.6. The van der Waals surface area contributed by atoms with Gasteiger partial charge in [-0.3, -0.25) is 0 Å². The van der Waals surface area contributed by atoms with Crippen LogP contribution in [0.3, 0.4) is 0 Å². The normalized spacial score (nSPS) is 11.8. The zero-order chi connectivity index (χ0) is 18.1. The predicted molar refractivity (Wildman–Crippen MR) is 120 cm³/mol. The Morgan fingerprint density at radius 2 is 0.880 bits per heavy atom. The standard InChI is InChI=1S/C24H50.ClH/c1-6-9-19-24(20-10-7-2,21-11-8-3)22-17-15-13-12-14-16-18-23(4)5;/h23H,6-22H2,1-5H3;1H. The molecule has 0 heterocycles. The molecule has 0 bridgehead atoms. The van der Waals surface area contributed by atoms with Crippen LogP contribution in [0.5, 0.6) is 0 Å². The van der Waals surface area contributed by atoms with Crippen LogP contribution >= 0.6 is 12.4 Å². The predicted octanol–water partition coefficient (Wildman–Crippen LogP) is 9.74. The summed E-state index contributed by atoms with van der Waals surface area (Å²) in [6.45, 7) is 11.8. The highest BCUT2D eigenvalue weighted by atomic mass is 35.5. The van der Waals surface area contributed by atoms with Crippen molar-refractivity contribution in [1.82, 2.24) is 0 Å². The van der Waals surface area contributed by atoms with E-state index in [0.717, 1.165) is 5.92 Å². The van der Waals surface area contributed by atoms with Gasteiger partial charge < -0.3 is 0 Å². The molecule has 0 N–H and O–H groups in total. The second kappa shape index (κ2) is 19.1. The molecule has 1 heteroatoms. The van der Waals surface area contributed by atoms with Crippen LogP contribution in [-0.4, -0.2) is 0 Å². The Labute approximate surface area is 167 Å². The molecular formula is C24H51Cl. The van der Waals surface area contributed by atoms with Gasteiger partial charge in [0.25, 0.3) is 0 Å². The van der Waals surface area contributed by atoms with E-state index in [4.69, 9.17) is 0 Å². The van der Waals surface area contributed by atoms with E-state index < -0.39 is 0 Å². The van der Waals surface area contributed by atoms with Crippen LogP contribution in [0, 0.1) is 11.3 Å². The largest absolute Gasteiger partial charge is 0.147 e. The molecule has 0 aliphatic rings. The number of unbranched alkanes of at least 4 members (excludes halogenated alkanes) is 8. The van der Waals surface area contributed by atoms with Crippen molar-refractivity contribution in [3.05, 3.63) is 0 Å². The molecule has 0 aromatic carbocycles. The molecule has 0 rings (SSSR count). The van der Waals surface area contributed by atoms with Gasteiger partial charge in [-0.05, 0) is 37.0 Å². The van der Waals surface area contributed by atoms with Crippen LogP contribution in [-0.2, 0) is 0 Å². The average molecular weight is 375 g/mol. The lowest BCUT2D eigenvalue weighted by molar-refractivity contribution is 0.175. The Morgan fingerprint density at radius 3 is 1.28 bits per heavy atom. The van der Waals surface area contributed by atoms with Crippen molar-refractivity contribution >= 4 is 12.4 Å². The maximum atomic E-state index is 2.36. The molecule has 0 aromatic rings. The molecule has 0 aliphatic carbocycles. The van der Waals surface area contributed by atoms with Crippen LogP contribution in [0.2, 0.25) is 0 Å². The average Bonchev–Trinajstić information content (AvgIpc) is 2.57. The van der Waals surface area contributed by atoms with Crippen LogP contribution in [0.1, 0.15) is 144 Å². The minimum Gasteiger partial charge on any atom is -0.147 e. The Kier molecular flexibility index (Phi) is 21.0. The summed E-state index contributed by atoms with van der Waals surface area (Å²) in [6.07, 6.45) is 24.7. The maximum absolute atomic E-state index is 2.36. The van der Waals surface area contributed by atoms with E-state index in [0.29, 0.717) is 5.41 Å². The molecule has 0 saturated heterocycles. The summed E-state index contributed by atoms with van der Waals surface area (Å²) >= 11 is 0. The fraction of sp³-hybridized carbons (Fsp3) is 1.00. The van der Waals surface area contributed by atoms with Gasteiger partial charge in [0, 0.05) is 0 Å². The van der Waals surface area contributed by atoms with Crippen molar-refractivity contribution in [2.45, 2.75) is 144 Å². The van der Waals surface area contributed by atoms with E-state index in [9.17, 15) is 0 Å². The third kappa shape index (κ3) is 16.2. The smallest absolute Gasteiger partial charge is 0.0297 e. The van der Waals surface area contributed by atoms with Gasteiger partial charge in [0.05, 0.1) is 0 Å². The summed E-state index contributed by atoms with van der Waals surface area (Å²) < 4.78 is 0. The third-order valence-corrected chi connectivity index (χ3v) is 5.92. The quantitative estimate of drug-likeness (QED) is 0.209. The summed E-state index contributed by atoms with van der Waals surface area (Å²) in [5.41, 5.74) is 0.694. The van der Waals surface area contributed by atoms with Crippen molar-refractivity contribution < 1.29 is 0 Å². The third-order valence-electron chi connectivity index (χ3n) is 5.92. The fourth-order valence-corrected chi connectivity index (χ4v) is 4.17. The van der Waals surface area contributed by atoms with Crippen molar-refractivity contribution in [3.63, 3.8) is 0 Å². The van der Waals surface area contributed by atoms with E-state index in [1.807, 2.05) is 0 Å². The highest BCUT2D eigenvalue weighted by molar-refractivity contribution is 5.85. The molecule has 0 aliphatic heterocycles. The van der Waals surface area contributed by atoms with Crippen molar-refractivity contribution in [3.8, 4) is 0 Å². The lowest BCUT2D eigenvalue weighted by Crippen LogP contribution is -2.21. The zero-order valence-electron chi connectivity index (χ0n) is 18.5. The Bertz CT molecular complexity index is 225. The Hall–Kier alpha value is 0.290. The molecule has 0 aromatic heterocycles. The minimum atomic E-state index is 0. The lowest BCUT2D eigenvalue weighted by Gasteiger charge is -2.35. The van der Waals surface area contributed by atoms with Gasteiger partial charge in [-0.25, -0.2) is 0 Å². The molecular weight excluding hydrogens is 324 g/mol. The van der Waals surface area contributed by atoms with Gasteiger partial charge in [0.15, 0.2) is 0 Å². The summed E-state index contributed by atoms with van der Waals surface area (Å²) in [5.74, 6) is 0.890. The SMILES string of the molecule is CCCCC(CCCC)(CCCC)CCCCCCCCC(C)C.Cl. The van der Waals surface area contributed by atoms with Gasteiger partial charge in [-0.15, -0.1) is 12.4 Å². The molecule has 0 radical (unpaired) electrons. The first-order chi connectivity index (χ1) is 11.6. The first-order valence-corrected chi connectivity index (χ1v) is 11.6. The summed E-state index contributed by atoms with van der Waals surface area (Å²) in [4.78, 5) is 0. The van der Waals surface area contributed by atoms with E-state index in [2.05, 4.69) is 34.6 Å². The van der Waals surface area contributed by atoms with Crippen LogP contribution in [0.15, 0.2) is 0 Å². The van der Waals surface area contributed by atoms with E-state index in [1.165, 1.54) is 109 Å². The molecule has 0 nitrogen and oxygen atoms in total. The van der Waals surface area contributed by atoms with E-state index in [-0.39, 0.29) is 12.4 Å². The van der Waals surface area contributed by atoms with Crippen molar-refractivity contribution in [2.24, 2.45) is 11.3 Å². The summed E-state index contributed by atoms with van der Waals surface area (Å²) in [7, 11) is 0. The molecule has 0 saturated carbocycles. The number of hydrogen-bond donors (Lipinski definition) is 0. The van der Waals surface area contributed by atoms with Gasteiger partial charge in [0.2, 0.25) is 0 Å². The van der Waals surface area contributed by atoms with E-state index in [1.54, 1.807) is 0 Å². The molecule has 0 fully saturated rings. The number of hydrogen-bond acceptors (Lipinski definition) is 0. The van der Waals surface area contributed by atoms with E-state index >= 15 is 0 Å². The highest BCUT2D eigenvalue weighted by Crippen LogP contribution is 2.41. The van der Waals surface area contributed by atoms with Gasteiger partial charge >= 0.3 is 0 Å². The van der Waals surface area contributed by atoms with Gasteiger partial charge in [-0.2, -0.15) is 0 Å². The molecule has 25 heavy (non-hydrogen) atoms. The molecule has 0 amide bonds. The first kappa shape index (κ1) is 27.5. The Balaban J connectivity index is 0. The zero-order valence-corrected chi connectivity index (χ0v) is 19.3. The highest BCUT2D eigenvalue weighted by Gasteiger charge is 2.27. The summed E-state index contributed by atoms with van der Waals surface area (Å²) in [6, 6.07) is 0. The monoisotopic (exact) mass is 374 g/mol. The Morgan fingerprint density at radius 1 is 0.520 bits per heavy atom. The molecule has 154 valence electrons. The van der Waals surface area contributed by atoms with Gasteiger partial charge in [0.1, 0.15) is 0 Å². The number of rotatable bonds is 18. The summed E-state index contributed by atoms with van der Waals surface area (Å²) in [5, 5.41) is 0. The van der Waals surface area contributed by atoms with Crippen molar-refractivity contribution in [1.29, 1.82) is 0 Å². The second-order valence-corrected chi connectivity index (χ2v) is 8.86. The number of halogens is 1. The molecule has 0 unspecified atom stereocenters. The molecule has 0 spiro atoms. The van der Waals surface area contributed by atoms with Crippen LogP contribution in [0.25, 0.3) is 0 Å². The lowest BCUT2D eigenvalue weighted by atomic mass is 9.71. The van der Waals surface area contributed by atoms with Crippen molar-refractivity contribution in [2.75, 3.05) is 0 Å². The second-order valence-electron chi connectivity index (χ2n) is 8.86. The van der Waals surface area contributed by atoms with Crippen LogP contribution < -0.4 is 0 Å². The maximum Gasteiger partial charge on any atom is -0.0297 e. The molecule has 0 atom stereocenters. The minimum absolute atomic E-state index is 0.